The van der Waals surface area contributed by atoms with E-state index in [-0.39, 0.29) is 35.6 Å². The molecule has 0 aromatic heterocycles. The predicted molar refractivity (Wildman–Crippen MR) is 121 cm³/mol. The van der Waals surface area contributed by atoms with E-state index >= 15 is 0 Å². The molecule has 1 unspecified atom stereocenters. The first-order valence-corrected chi connectivity index (χ1v) is 9.98. The summed E-state index contributed by atoms with van der Waals surface area (Å²) in [5.74, 6) is 2.66. The number of halogens is 1. The van der Waals surface area contributed by atoms with E-state index < -0.39 is 0 Å². The van der Waals surface area contributed by atoms with Crippen LogP contribution in [0.4, 0.5) is 0 Å². The smallest absolute Gasteiger partial charge is 0.191 e. The van der Waals surface area contributed by atoms with Crippen LogP contribution in [0.3, 0.4) is 0 Å². The molecule has 6 heteroatoms. The van der Waals surface area contributed by atoms with Gasteiger partial charge < -0.3 is 20.1 Å². The van der Waals surface area contributed by atoms with Gasteiger partial charge in [0.15, 0.2) is 5.96 Å². The summed E-state index contributed by atoms with van der Waals surface area (Å²) in [7, 11) is 0. The highest BCUT2D eigenvalue weighted by molar-refractivity contribution is 14.0. The van der Waals surface area contributed by atoms with Gasteiger partial charge in [0.05, 0.1) is 6.04 Å². The van der Waals surface area contributed by atoms with Gasteiger partial charge in [-0.3, -0.25) is 4.99 Å². The summed E-state index contributed by atoms with van der Waals surface area (Å²) in [6.45, 7) is 9.71. The minimum absolute atomic E-state index is 0. The number of ether oxygens (including phenoxy) is 2. The molecule has 1 fully saturated rings. The van der Waals surface area contributed by atoms with Crippen LogP contribution in [0.1, 0.15) is 58.1 Å². The molecule has 1 aromatic carbocycles. The van der Waals surface area contributed by atoms with Gasteiger partial charge in [-0.15, -0.1) is 24.0 Å². The lowest BCUT2D eigenvalue weighted by atomic mass is 9.90. The molecule has 0 bridgehead atoms. The molecule has 5 nitrogen and oxygen atoms in total. The Bertz CT molecular complexity index is 617. The highest BCUT2D eigenvalue weighted by Crippen LogP contribution is 2.39. The van der Waals surface area contributed by atoms with E-state index in [0.29, 0.717) is 0 Å². The lowest BCUT2D eigenvalue weighted by Crippen LogP contribution is -2.45. The van der Waals surface area contributed by atoms with E-state index in [4.69, 9.17) is 14.5 Å². The normalized spacial score (nSPS) is 20.9. The third kappa shape index (κ3) is 7.14. The zero-order chi connectivity index (χ0) is 18.4. The SMILES string of the molecule is CCNC(=NCCCOCC1CC1)NC1CC(C)(C)Oc2ccccc21.I. The molecule has 1 aromatic rings. The molecule has 1 saturated carbocycles. The monoisotopic (exact) mass is 487 g/mol. The van der Waals surface area contributed by atoms with Gasteiger partial charge >= 0.3 is 0 Å². The average molecular weight is 487 g/mol. The van der Waals surface area contributed by atoms with E-state index in [1.165, 1.54) is 18.4 Å². The van der Waals surface area contributed by atoms with Gasteiger partial charge in [0.2, 0.25) is 0 Å². The van der Waals surface area contributed by atoms with Crippen LogP contribution in [0.15, 0.2) is 29.3 Å². The minimum Gasteiger partial charge on any atom is -0.487 e. The van der Waals surface area contributed by atoms with Crippen LogP contribution in [0.2, 0.25) is 0 Å². The standard InChI is InChI=1S/C21H33N3O2.HI/c1-4-22-20(23-12-7-13-25-15-16-10-11-16)24-18-14-21(2,3)26-19-9-6-5-8-17(18)19;/h5-6,8-9,16,18H,4,7,10-15H2,1-3H3,(H2,22,23,24);1H. The summed E-state index contributed by atoms with van der Waals surface area (Å²) in [6.07, 6.45) is 4.54. The largest absolute Gasteiger partial charge is 0.487 e. The summed E-state index contributed by atoms with van der Waals surface area (Å²) in [5.41, 5.74) is 1.00. The van der Waals surface area contributed by atoms with E-state index in [0.717, 1.165) is 56.8 Å². The maximum Gasteiger partial charge on any atom is 0.191 e. The van der Waals surface area contributed by atoms with Crippen molar-refractivity contribution in [1.29, 1.82) is 0 Å². The summed E-state index contributed by atoms with van der Waals surface area (Å²) in [5, 5.41) is 6.97. The quantitative estimate of drug-likeness (QED) is 0.249. The van der Waals surface area contributed by atoms with Crippen molar-refractivity contribution in [3.8, 4) is 5.75 Å². The minimum atomic E-state index is -0.194. The number of para-hydroxylation sites is 1. The molecule has 2 N–H and O–H groups in total. The molecule has 1 aliphatic heterocycles. The molecule has 0 spiro atoms. The second kappa shape index (κ2) is 10.5. The summed E-state index contributed by atoms with van der Waals surface area (Å²) < 4.78 is 11.8. The fourth-order valence-corrected chi connectivity index (χ4v) is 3.31. The molecule has 1 heterocycles. The van der Waals surface area contributed by atoms with Crippen molar-refractivity contribution in [1.82, 2.24) is 10.6 Å². The van der Waals surface area contributed by atoms with Gasteiger partial charge in [0.25, 0.3) is 0 Å². The first kappa shape index (κ1) is 22.3. The Hall–Kier alpha value is -1.02. The molecule has 27 heavy (non-hydrogen) atoms. The van der Waals surface area contributed by atoms with Crippen molar-refractivity contribution >= 4 is 29.9 Å². The predicted octanol–water partition coefficient (Wildman–Crippen LogP) is 4.28. The number of aliphatic imine (C=N–C) groups is 1. The average Bonchev–Trinajstić information content (AvgIpc) is 3.41. The van der Waals surface area contributed by atoms with E-state index in [1.54, 1.807) is 0 Å². The summed E-state index contributed by atoms with van der Waals surface area (Å²) in [6, 6.07) is 8.47. The third-order valence-electron chi connectivity index (χ3n) is 4.80. The molecule has 2 aliphatic rings. The van der Waals surface area contributed by atoms with Gasteiger partial charge in [0, 0.05) is 38.3 Å². The van der Waals surface area contributed by atoms with E-state index in [9.17, 15) is 0 Å². The van der Waals surface area contributed by atoms with E-state index in [1.807, 2.05) is 12.1 Å². The molecule has 0 amide bonds. The molecule has 152 valence electrons. The van der Waals surface area contributed by atoms with Gasteiger partial charge in [0.1, 0.15) is 11.4 Å². The van der Waals surface area contributed by atoms with Gasteiger partial charge in [-0.25, -0.2) is 0 Å². The van der Waals surface area contributed by atoms with Crippen molar-refractivity contribution in [3.05, 3.63) is 29.8 Å². The number of fused-ring (bicyclic) bond motifs is 1. The van der Waals surface area contributed by atoms with Crippen molar-refractivity contribution in [2.45, 2.75) is 58.1 Å². The molecular weight excluding hydrogens is 453 g/mol. The number of benzene rings is 1. The fourth-order valence-electron chi connectivity index (χ4n) is 3.31. The topological polar surface area (TPSA) is 54.9 Å². The Balaban J connectivity index is 0.00000261. The first-order valence-electron chi connectivity index (χ1n) is 9.98. The zero-order valence-electron chi connectivity index (χ0n) is 16.8. The Morgan fingerprint density at radius 1 is 1.30 bits per heavy atom. The van der Waals surface area contributed by atoms with Gasteiger partial charge in [-0.1, -0.05) is 18.2 Å². The van der Waals surface area contributed by atoms with Crippen LogP contribution in [0, 0.1) is 5.92 Å². The van der Waals surface area contributed by atoms with Crippen molar-refractivity contribution in [2.75, 3.05) is 26.3 Å². The van der Waals surface area contributed by atoms with Crippen molar-refractivity contribution < 1.29 is 9.47 Å². The van der Waals surface area contributed by atoms with Gasteiger partial charge in [-0.2, -0.15) is 0 Å². The molecule has 0 radical (unpaired) electrons. The van der Waals surface area contributed by atoms with Crippen LogP contribution in [-0.4, -0.2) is 37.9 Å². The second-order valence-corrected chi connectivity index (χ2v) is 7.93. The highest BCUT2D eigenvalue weighted by atomic mass is 127. The first-order chi connectivity index (χ1) is 12.6. The van der Waals surface area contributed by atoms with Crippen LogP contribution >= 0.6 is 24.0 Å². The fraction of sp³-hybridized carbons (Fsp3) is 0.667. The van der Waals surface area contributed by atoms with E-state index in [2.05, 4.69) is 43.5 Å². The highest BCUT2D eigenvalue weighted by Gasteiger charge is 2.33. The Kier molecular flexibility index (Phi) is 8.66. The van der Waals surface area contributed by atoms with Crippen LogP contribution in [0.5, 0.6) is 5.75 Å². The zero-order valence-corrected chi connectivity index (χ0v) is 19.1. The van der Waals surface area contributed by atoms with Crippen LogP contribution < -0.4 is 15.4 Å². The number of hydrogen-bond donors (Lipinski definition) is 2. The van der Waals surface area contributed by atoms with Gasteiger partial charge in [-0.05, 0) is 52.0 Å². The molecule has 1 aliphatic carbocycles. The van der Waals surface area contributed by atoms with Crippen molar-refractivity contribution in [2.24, 2.45) is 10.9 Å². The number of rotatable bonds is 8. The maximum atomic E-state index is 6.12. The number of nitrogens with zero attached hydrogens (tertiary/aromatic N) is 1. The van der Waals surface area contributed by atoms with Crippen molar-refractivity contribution in [3.63, 3.8) is 0 Å². The molecule has 0 saturated heterocycles. The Morgan fingerprint density at radius 3 is 2.81 bits per heavy atom. The van der Waals surface area contributed by atoms with Crippen LogP contribution in [0.25, 0.3) is 0 Å². The number of hydrogen-bond acceptors (Lipinski definition) is 3. The molecule has 1 atom stereocenters. The maximum absolute atomic E-state index is 6.12. The van der Waals surface area contributed by atoms with Crippen LogP contribution in [-0.2, 0) is 4.74 Å². The number of guanidine groups is 1. The lowest BCUT2D eigenvalue weighted by molar-refractivity contribution is 0.0694. The Labute approximate surface area is 180 Å². The molecular formula is C21H34IN3O2. The molecule has 3 rings (SSSR count). The lowest BCUT2D eigenvalue weighted by Gasteiger charge is -2.38. The number of nitrogens with one attached hydrogen (secondary N) is 2. The third-order valence-corrected chi connectivity index (χ3v) is 4.80. The summed E-state index contributed by atoms with van der Waals surface area (Å²) >= 11 is 0. The Morgan fingerprint density at radius 2 is 2.07 bits per heavy atom. The summed E-state index contributed by atoms with van der Waals surface area (Å²) in [4.78, 5) is 4.73. The second-order valence-electron chi connectivity index (χ2n) is 7.93.